The highest BCUT2D eigenvalue weighted by Gasteiger charge is 2.27. The molecular formula is C20H20F2N2O5. The molecule has 1 aliphatic heterocycles. The summed E-state index contributed by atoms with van der Waals surface area (Å²) in [4.78, 5) is 25.0. The first-order chi connectivity index (χ1) is 13.9. The van der Waals surface area contributed by atoms with Crippen LogP contribution in [0.5, 0.6) is 11.5 Å². The van der Waals surface area contributed by atoms with E-state index in [0.717, 1.165) is 12.1 Å². The van der Waals surface area contributed by atoms with Crippen molar-refractivity contribution in [1.82, 2.24) is 4.90 Å². The van der Waals surface area contributed by atoms with Crippen molar-refractivity contribution in [3.05, 3.63) is 63.7 Å². The number of nitrogens with zero attached hydrogens (tertiary/aromatic N) is 2. The minimum Gasteiger partial charge on any atom is -0.490 e. The fraction of sp³-hybridized carbons (Fsp3) is 0.350. The lowest BCUT2D eigenvalue weighted by molar-refractivity contribution is -0.385. The standard InChI is InChI=1S/C20H20F2N2O5/c1-2-28-19-6-3-13(11-18(19)24(26)27)20(25)23-9-7-14(8-10-23)29-15-4-5-16(21)17(22)12-15/h3-6,11-12,14H,2,7-10H2,1H3. The number of hydrogen-bond donors (Lipinski definition) is 0. The molecule has 0 saturated carbocycles. The molecule has 1 fully saturated rings. The normalized spacial score (nSPS) is 14.5. The monoisotopic (exact) mass is 406 g/mol. The van der Waals surface area contributed by atoms with E-state index >= 15 is 0 Å². The van der Waals surface area contributed by atoms with Crippen LogP contribution < -0.4 is 9.47 Å². The van der Waals surface area contributed by atoms with Crippen molar-refractivity contribution < 1.29 is 28.0 Å². The Balaban J connectivity index is 1.63. The summed E-state index contributed by atoms with van der Waals surface area (Å²) < 4.78 is 37.2. The fourth-order valence-electron chi connectivity index (χ4n) is 3.17. The van der Waals surface area contributed by atoms with Crippen molar-refractivity contribution in [2.24, 2.45) is 0 Å². The number of piperidine rings is 1. The Bertz CT molecular complexity index is 914. The number of likely N-dealkylation sites (tertiary alicyclic amines) is 1. The molecule has 0 radical (unpaired) electrons. The molecule has 0 bridgehead atoms. The van der Waals surface area contributed by atoms with E-state index in [4.69, 9.17) is 9.47 Å². The highest BCUT2D eigenvalue weighted by atomic mass is 19.2. The zero-order chi connectivity index (χ0) is 21.0. The molecule has 1 saturated heterocycles. The number of benzene rings is 2. The number of amides is 1. The smallest absolute Gasteiger partial charge is 0.311 e. The Morgan fingerprint density at radius 1 is 1.17 bits per heavy atom. The number of nitro benzene ring substituents is 1. The van der Waals surface area contributed by atoms with E-state index in [1.54, 1.807) is 11.8 Å². The number of ether oxygens (including phenoxy) is 2. The van der Waals surface area contributed by atoms with Crippen molar-refractivity contribution in [3.63, 3.8) is 0 Å². The molecule has 3 rings (SSSR count). The van der Waals surface area contributed by atoms with E-state index in [0.29, 0.717) is 25.9 Å². The topological polar surface area (TPSA) is 81.9 Å². The third-order valence-corrected chi connectivity index (χ3v) is 4.63. The van der Waals surface area contributed by atoms with Crippen LogP contribution in [0.15, 0.2) is 36.4 Å². The molecule has 0 spiro atoms. The fourth-order valence-corrected chi connectivity index (χ4v) is 3.17. The van der Waals surface area contributed by atoms with Crippen LogP contribution in [0.25, 0.3) is 0 Å². The first kappa shape index (κ1) is 20.5. The summed E-state index contributed by atoms with van der Waals surface area (Å²) in [5.41, 5.74) is -0.0469. The Morgan fingerprint density at radius 2 is 1.90 bits per heavy atom. The van der Waals surface area contributed by atoms with Crippen molar-refractivity contribution in [2.45, 2.75) is 25.9 Å². The first-order valence-corrected chi connectivity index (χ1v) is 9.21. The molecule has 0 unspecified atom stereocenters. The highest BCUT2D eigenvalue weighted by Crippen LogP contribution is 2.29. The molecule has 0 atom stereocenters. The van der Waals surface area contributed by atoms with Crippen LogP contribution in [0.4, 0.5) is 14.5 Å². The molecule has 1 aliphatic rings. The maximum Gasteiger partial charge on any atom is 0.311 e. The van der Waals surface area contributed by atoms with Gasteiger partial charge < -0.3 is 14.4 Å². The van der Waals surface area contributed by atoms with Gasteiger partial charge in [-0.05, 0) is 31.2 Å². The Labute approximate surface area is 166 Å². The van der Waals surface area contributed by atoms with Gasteiger partial charge in [0.15, 0.2) is 17.4 Å². The largest absolute Gasteiger partial charge is 0.490 e. The molecule has 1 amide bonds. The average Bonchev–Trinajstić information content (AvgIpc) is 2.71. The SMILES string of the molecule is CCOc1ccc(C(=O)N2CCC(Oc3ccc(F)c(F)c3)CC2)cc1[N+](=O)[O-]. The summed E-state index contributed by atoms with van der Waals surface area (Å²) in [5, 5.41) is 11.2. The quantitative estimate of drug-likeness (QED) is 0.536. The van der Waals surface area contributed by atoms with E-state index in [9.17, 15) is 23.7 Å². The van der Waals surface area contributed by atoms with Gasteiger partial charge in [0.2, 0.25) is 0 Å². The summed E-state index contributed by atoms with van der Waals surface area (Å²) in [6.07, 6.45) is 0.770. The molecule has 0 aromatic heterocycles. The van der Waals surface area contributed by atoms with Gasteiger partial charge in [0.05, 0.1) is 11.5 Å². The molecule has 0 aliphatic carbocycles. The Hall–Kier alpha value is -3.23. The summed E-state index contributed by atoms with van der Waals surface area (Å²) in [6.45, 7) is 2.76. The van der Waals surface area contributed by atoms with Crippen LogP contribution >= 0.6 is 0 Å². The zero-order valence-corrected chi connectivity index (χ0v) is 15.8. The summed E-state index contributed by atoms with van der Waals surface area (Å²) >= 11 is 0. The Morgan fingerprint density at radius 3 is 2.52 bits per heavy atom. The lowest BCUT2D eigenvalue weighted by Gasteiger charge is -2.32. The number of halogens is 2. The molecule has 7 nitrogen and oxygen atoms in total. The van der Waals surface area contributed by atoms with Gasteiger partial charge >= 0.3 is 5.69 Å². The number of carbonyl (C=O) groups is 1. The van der Waals surface area contributed by atoms with E-state index in [2.05, 4.69) is 0 Å². The lowest BCUT2D eigenvalue weighted by atomic mass is 10.1. The number of hydrogen-bond acceptors (Lipinski definition) is 5. The van der Waals surface area contributed by atoms with E-state index in [-0.39, 0.29) is 41.4 Å². The second-order valence-corrected chi connectivity index (χ2v) is 6.56. The Kier molecular flexibility index (Phi) is 6.26. The maximum atomic E-state index is 13.3. The minimum absolute atomic E-state index is 0.118. The van der Waals surface area contributed by atoms with Crippen LogP contribution in [0.3, 0.4) is 0 Å². The lowest BCUT2D eigenvalue weighted by Crippen LogP contribution is -2.41. The summed E-state index contributed by atoms with van der Waals surface area (Å²) in [5.74, 6) is -1.89. The van der Waals surface area contributed by atoms with Crippen LogP contribution in [-0.4, -0.2) is 41.5 Å². The van der Waals surface area contributed by atoms with Crippen LogP contribution in [0.2, 0.25) is 0 Å². The maximum absolute atomic E-state index is 13.3. The average molecular weight is 406 g/mol. The molecule has 29 heavy (non-hydrogen) atoms. The van der Waals surface area contributed by atoms with Crippen molar-refractivity contribution in [3.8, 4) is 11.5 Å². The summed E-state index contributed by atoms with van der Waals surface area (Å²) in [6, 6.07) is 7.50. The van der Waals surface area contributed by atoms with Gasteiger partial charge in [-0.2, -0.15) is 0 Å². The van der Waals surface area contributed by atoms with E-state index in [1.807, 2.05) is 0 Å². The van der Waals surface area contributed by atoms with Crippen LogP contribution in [0, 0.1) is 21.7 Å². The number of carbonyl (C=O) groups excluding carboxylic acids is 1. The molecule has 0 N–H and O–H groups in total. The van der Waals surface area contributed by atoms with Crippen LogP contribution in [0.1, 0.15) is 30.1 Å². The predicted octanol–water partition coefficient (Wildman–Crippen LogP) is 3.96. The third-order valence-electron chi connectivity index (χ3n) is 4.63. The van der Waals surface area contributed by atoms with E-state index < -0.39 is 16.6 Å². The van der Waals surface area contributed by atoms with Crippen molar-refractivity contribution >= 4 is 11.6 Å². The van der Waals surface area contributed by atoms with Gasteiger partial charge in [-0.1, -0.05) is 0 Å². The molecule has 154 valence electrons. The van der Waals surface area contributed by atoms with Gasteiger partial charge in [-0.15, -0.1) is 0 Å². The highest BCUT2D eigenvalue weighted by molar-refractivity contribution is 5.95. The molecule has 2 aromatic carbocycles. The second-order valence-electron chi connectivity index (χ2n) is 6.56. The van der Waals surface area contributed by atoms with Gasteiger partial charge in [-0.25, -0.2) is 8.78 Å². The van der Waals surface area contributed by atoms with Crippen LogP contribution in [-0.2, 0) is 0 Å². The van der Waals surface area contributed by atoms with Crippen molar-refractivity contribution in [2.75, 3.05) is 19.7 Å². The summed E-state index contributed by atoms with van der Waals surface area (Å²) in [7, 11) is 0. The van der Waals surface area contributed by atoms with Gasteiger partial charge in [0.1, 0.15) is 11.9 Å². The van der Waals surface area contributed by atoms with E-state index in [1.165, 1.54) is 24.3 Å². The molecular weight excluding hydrogens is 386 g/mol. The van der Waals surface area contributed by atoms with Gasteiger partial charge in [-0.3, -0.25) is 14.9 Å². The molecule has 9 heteroatoms. The third kappa shape index (κ3) is 4.79. The zero-order valence-electron chi connectivity index (χ0n) is 15.8. The number of nitro groups is 1. The van der Waals surface area contributed by atoms with Gasteiger partial charge in [0.25, 0.3) is 5.91 Å². The molecule has 2 aromatic rings. The predicted molar refractivity (Wildman–Crippen MR) is 100 cm³/mol. The minimum atomic E-state index is -0.979. The van der Waals surface area contributed by atoms with Gasteiger partial charge in [0, 0.05) is 43.6 Å². The molecule has 1 heterocycles. The van der Waals surface area contributed by atoms with Crippen molar-refractivity contribution in [1.29, 1.82) is 0 Å². The second kappa shape index (κ2) is 8.85. The number of rotatable bonds is 6. The first-order valence-electron chi connectivity index (χ1n) is 9.21.